The number of para-hydroxylation sites is 1. The number of urea groups is 1. The average molecular weight is 462 g/mol. The number of nitrogens with zero attached hydrogens (tertiary/aromatic N) is 2. The molecule has 0 unspecified atom stereocenters. The summed E-state index contributed by atoms with van der Waals surface area (Å²) in [4.78, 5) is 52.8. The SMILES string of the molecule is CCOC(=O)c1ccc(C(=O)C=CC(=O)N2CCC(N3Cc4ccccc4NC3=O)CC2)cc1. The Morgan fingerprint density at radius 3 is 2.38 bits per heavy atom. The number of ether oxygens (including phenoxy) is 1. The Kier molecular flexibility index (Phi) is 7.06. The van der Waals surface area contributed by atoms with E-state index in [1.165, 1.54) is 36.4 Å². The summed E-state index contributed by atoms with van der Waals surface area (Å²) in [6.45, 7) is 3.60. The summed E-state index contributed by atoms with van der Waals surface area (Å²) in [5.74, 6) is -0.993. The zero-order valence-corrected chi connectivity index (χ0v) is 19.0. The zero-order chi connectivity index (χ0) is 24.1. The molecule has 2 aromatic rings. The first-order valence-corrected chi connectivity index (χ1v) is 11.4. The Hall–Kier alpha value is -3.94. The van der Waals surface area contributed by atoms with E-state index >= 15 is 0 Å². The molecule has 1 fully saturated rings. The molecule has 8 nitrogen and oxygen atoms in total. The van der Waals surface area contributed by atoms with Crippen LogP contribution in [-0.2, 0) is 16.1 Å². The highest BCUT2D eigenvalue weighted by Gasteiger charge is 2.32. The Bertz CT molecular complexity index is 1120. The number of anilines is 1. The third-order valence-corrected chi connectivity index (χ3v) is 6.14. The van der Waals surface area contributed by atoms with Crippen LogP contribution >= 0.6 is 0 Å². The molecule has 2 aliphatic rings. The van der Waals surface area contributed by atoms with Crippen LogP contribution in [-0.4, -0.2) is 59.2 Å². The number of amides is 3. The smallest absolute Gasteiger partial charge is 0.338 e. The molecule has 2 aromatic carbocycles. The minimum Gasteiger partial charge on any atom is -0.462 e. The van der Waals surface area contributed by atoms with Crippen molar-refractivity contribution in [1.29, 1.82) is 0 Å². The van der Waals surface area contributed by atoms with Gasteiger partial charge in [-0.15, -0.1) is 0 Å². The summed E-state index contributed by atoms with van der Waals surface area (Å²) in [5.41, 5.74) is 2.68. The van der Waals surface area contributed by atoms with Crippen LogP contribution in [0.25, 0.3) is 0 Å². The maximum Gasteiger partial charge on any atom is 0.338 e. The summed E-state index contributed by atoms with van der Waals surface area (Å²) in [5, 5.41) is 2.94. The predicted octanol–water partition coefficient (Wildman–Crippen LogP) is 3.64. The molecule has 0 saturated carbocycles. The number of carbonyl (C=O) groups is 4. The van der Waals surface area contributed by atoms with Crippen molar-refractivity contribution in [2.45, 2.75) is 32.4 Å². The molecular weight excluding hydrogens is 434 g/mol. The highest BCUT2D eigenvalue weighted by molar-refractivity contribution is 6.08. The topological polar surface area (TPSA) is 96.0 Å². The predicted molar refractivity (Wildman–Crippen MR) is 126 cm³/mol. The van der Waals surface area contributed by atoms with Crippen molar-refractivity contribution in [2.24, 2.45) is 0 Å². The van der Waals surface area contributed by atoms with Gasteiger partial charge in [0, 0.05) is 43.0 Å². The largest absolute Gasteiger partial charge is 0.462 e. The van der Waals surface area contributed by atoms with E-state index in [4.69, 9.17) is 4.74 Å². The second kappa shape index (κ2) is 10.3. The summed E-state index contributed by atoms with van der Waals surface area (Å²) in [6.07, 6.45) is 3.89. The van der Waals surface area contributed by atoms with Crippen LogP contribution in [0.5, 0.6) is 0 Å². The van der Waals surface area contributed by atoms with E-state index in [9.17, 15) is 19.2 Å². The van der Waals surface area contributed by atoms with E-state index in [1.54, 1.807) is 11.8 Å². The van der Waals surface area contributed by atoms with Crippen LogP contribution in [0.4, 0.5) is 10.5 Å². The van der Waals surface area contributed by atoms with Crippen LogP contribution < -0.4 is 5.32 Å². The Morgan fingerprint density at radius 1 is 1.00 bits per heavy atom. The van der Waals surface area contributed by atoms with E-state index in [-0.39, 0.29) is 30.4 Å². The van der Waals surface area contributed by atoms with Crippen LogP contribution in [0, 0.1) is 0 Å². The zero-order valence-electron chi connectivity index (χ0n) is 19.0. The van der Waals surface area contributed by atoms with Gasteiger partial charge in [-0.25, -0.2) is 9.59 Å². The molecule has 0 bridgehead atoms. The van der Waals surface area contributed by atoms with Gasteiger partial charge in [-0.05, 0) is 49.6 Å². The van der Waals surface area contributed by atoms with E-state index in [0.717, 1.165) is 11.3 Å². The van der Waals surface area contributed by atoms with Crippen molar-refractivity contribution in [3.8, 4) is 0 Å². The Labute approximate surface area is 198 Å². The van der Waals surface area contributed by atoms with Crippen molar-refractivity contribution in [2.75, 3.05) is 25.0 Å². The number of likely N-dealkylation sites (tertiary alicyclic amines) is 1. The molecular formula is C26H27N3O5. The van der Waals surface area contributed by atoms with Gasteiger partial charge >= 0.3 is 12.0 Å². The van der Waals surface area contributed by atoms with Crippen LogP contribution in [0.15, 0.2) is 60.7 Å². The standard InChI is InChI=1S/C26H27N3O5/c1-2-34-25(32)19-9-7-18(8-10-19)23(30)11-12-24(31)28-15-13-21(14-16-28)29-17-20-5-3-4-6-22(20)27-26(29)33/h3-12,21H,2,13-17H2,1H3,(H,27,33). The Morgan fingerprint density at radius 2 is 1.68 bits per heavy atom. The van der Waals surface area contributed by atoms with Gasteiger partial charge in [0.2, 0.25) is 5.91 Å². The van der Waals surface area contributed by atoms with Gasteiger partial charge in [0.1, 0.15) is 0 Å². The minimum absolute atomic E-state index is 0.0564. The first-order chi connectivity index (χ1) is 16.5. The number of allylic oxidation sites excluding steroid dienone is 1. The van der Waals surface area contributed by atoms with Crippen LogP contribution in [0.1, 0.15) is 46.0 Å². The average Bonchev–Trinajstić information content (AvgIpc) is 2.87. The Balaban J connectivity index is 1.29. The third kappa shape index (κ3) is 5.17. The molecule has 0 aliphatic carbocycles. The van der Waals surface area contributed by atoms with Gasteiger partial charge in [-0.1, -0.05) is 30.3 Å². The summed E-state index contributed by atoms with van der Waals surface area (Å²) in [6, 6.07) is 13.8. The fourth-order valence-electron chi connectivity index (χ4n) is 4.25. The quantitative estimate of drug-likeness (QED) is 0.403. The molecule has 1 saturated heterocycles. The lowest BCUT2D eigenvalue weighted by Gasteiger charge is -2.40. The normalized spacial score (nSPS) is 16.2. The highest BCUT2D eigenvalue weighted by Crippen LogP contribution is 2.27. The van der Waals surface area contributed by atoms with Crippen LogP contribution in [0.2, 0.25) is 0 Å². The van der Waals surface area contributed by atoms with E-state index in [1.807, 2.05) is 29.2 Å². The first kappa shape index (κ1) is 23.2. The van der Waals surface area contributed by atoms with Gasteiger partial charge in [0.15, 0.2) is 5.78 Å². The minimum atomic E-state index is -0.443. The molecule has 2 aliphatic heterocycles. The van der Waals surface area contributed by atoms with Gasteiger partial charge in [-0.2, -0.15) is 0 Å². The first-order valence-electron chi connectivity index (χ1n) is 11.4. The van der Waals surface area contributed by atoms with Crippen LogP contribution in [0.3, 0.4) is 0 Å². The molecule has 0 atom stereocenters. The fourth-order valence-corrected chi connectivity index (χ4v) is 4.25. The van der Waals surface area contributed by atoms with Crippen molar-refractivity contribution >= 4 is 29.4 Å². The number of hydrogen-bond donors (Lipinski definition) is 1. The monoisotopic (exact) mass is 461 g/mol. The van der Waals surface area contributed by atoms with Crippen molar-refractivity contribution in [3.63, 3.8) is 0 Å². The van der Waals surface area contributed by atoms with E-state index in [2.05, 4.69) is 5.32 Å². The summed E-state index contributed by atoms with van der Waals surface area (Å²) < 4.78 is 4.93. The van der Waals surface area contributed by atoms with E-state index in [0.29, 0.717) is 43.6 Å². The number of nitrogens with one attached hydrogen (secondary N) is 1. The van der Waals surface area contributed by atoms with Crippen molar-refractivity contribution < 1.29 is 23.9 Å². The van der Waals surface area contributed by atoms with Gasteiger partial charge < -0.3 is 19.9 Å². The molecule has 4 rings (SSSR count). The highest BCUT2D eigenvalue weighted by atomic mass is 16.5. The van der Waals surface area contributed by atoms with Gasteiger partial charge in [0.25, 0.3) is 0 Å². The number of benzene rings is 2. The molecule has 0 radical (unpaired) electrons. The second-order valence-electron chi connectivity index (χ2n) is 8.27. The fraction of sp³-hybridized carbons (Fsp3) is 0.308. The van der Waals surface area contributed by atoms with Gasteiger partial charge in [0.05, 0.1) is 12.2 Å². The molecule has 8 heteroatoms. The maximum absolute atomic E-state index is 12.6. The lowest BCUT2D eigenvalue weighted by atomic mass is 10.0. The lowest BCUT2D eigenvalue weighted by molar-refractivity contribution is -0.127. The summed E-state index contributed by atoms with van der Waals surface area (Å²) >= 11 is 0. The molecule has 2 heterocycles. The lowest BCUT2D eigenvalue weighted by Crippen LogP contribution is -2.50. The molecule has 3 amide bonds. The third-order valence-electron chi connectivity index (χ3n) is 6.14. The number of ketones is 1. The number of hydrogen-bond acceptors (Lipinski definition) is 5. The number of fused-ring (bicyclic) bond motifs is 1. The molecule has 1 N–H and O–H groups in total. The second-order valence-corrected chi connectivity index (χ2v) is 8.27. The van der Waals surface area contributed by atoms with Gasteiger partial charge in [-0.3, -0.25) is 9.59 Å². The molecule has 0 spiro atoms. The van der Waals surface area contributed by atoms with Crippen molar-refractivity contribution in [1.82, 2.24) is 9.80 Å². The number of esters is 1. The summed E-state index contributed by atoms with van der Waals surface area (Å²) in [7, 11) is 0. The van der Waals surface area contributed by atoms with Crippen molar-refractivity contribution in [3.05, 3.63) is 77.4 Å². The maximum atomic E-state index is 12.6. The van der Waals surface area contributed by atoms with E-state index < -0.39 is 5.97 Å². The number of piperidine rings is 1. The number of rotatable bonds is 6. The molecule has 34 heavy (non-hydrogen) atoms. The molecule has 176 valence electrons. The molecule has 0 aromatic heterocycles. The number of carbonyl (C=O) groups excluding carboxylic acids is 4.